The Balaban J connectivity index is 1.31. The SMILES string of the molecule is O=C(Oc1ccc(C(=O)c2ccccc2)cc1)c1ccc(OCCc2ccccc2)cc1. The summed E-state index contributed by atoms with van der Waals surface area (Å²) in [6.45, 7) is 0.557. The molecule has 0 aromatic heterocycles. The van der Waals surface area contributed by atoms with E-state index in [2.05, 4.69) is 12.1 Å². The molecular formula is C28H22O4. The van der Waals surface area contributed by atoms with E-state index >= 15 is 0 Å². The van der Waals surface area contributed by atoms with Crippen LogP contribution in [0, 0.1) is 0 Å². The zero-order valence-electron chi connectivity index (χ0n) is 17.4. The summed E-state index contributed by atoms with van der Waals surface area (Å²) >= 11 is 0. The molecule has 4 aromatic rings. The van der Waals surface area contributed by atoms with E-state index in [-0.39, 0.29) is 5.78 Å². The first-order chi connectivity index (χ1) is 15.7. The van der Waals surface area contributed by atoms with Crippen LogP contribution in [0.5, 0.6) is 11.5 Å². The van der Waals surface area contributed by atoms with Crippen molar-refractivity contribution in [2.75, 3.05) is 6.61 Å². The third-order valence-corrected chi connectivity index (χ3v) is 4.96. The number of ether oxygens (including phenoxy) is 2. The van der Waals surface area contributed by atoms with E-state index in [1.54, 1.807) is 60.7 Å². The number of rotatable bonds is 8. The van der Waals surface area contributed by atoms with Crippen molar-refractivity contribution in [1.82, 2.24) is 0 Å². The van der Waals surface area contributed by atoms with Gasteiger partial charge in [0.2, 0.25) is 0 Å². The second-order valence-electron chi connectivity index (χ2n) is 7.22. The Morgan fingerprint density at radius 2 is 1.09 bits per heavy atom. The van der Waals surface area contributed by atoms with Crippen LogP contribution in [0.4, 0.5) is 0 Å². The molecule has 4 nitrogen and oxygen atoms in total. The highest BCUT2D eigenvalue weighted by Crippen LogP contribution is 2.18. The largest absolute Gasteiger partial charge is 0.493 e. The molecular weight excluding hydrogens is 400 g/mol. The van der Waals surface area contributed by atoms with Crippen molar-refractivity contribution in [3.05, 3.63) is 131 Å². The first kappa shape index (κ1) is 21.1. The fourth-order valence-corrected chi connectivity index (χ4v) is 3.22. The molecule has 0 atom stereocenters. The zero-order chi connectivity index (χ0) is 22.2. The molecule has 0 bridgehead atoms. The third kappa shape index (κ3) is 5.49. The van der Waals surface area contributed by atoms with E-state index in [9.17, 15) is 9.59 Å². The van der Waals surface area contributed by atoms with Crippen LogP contribution in [0.25, 0.3) is 0 Å². The van der Waals surface area contributed by atoms with Crippen molar-refractivity contribution in [2.24, 2.45) is 0 Å². The minimum atomic E-state index is -0.469. The van der Waals surface area contributed by atoms with Crippen molar-refractivity contribution in [2.45, 2.75) is 6.42 Å². The second kappa shape index (κ2) is 10.2. The van der Waals surface area contributed by atoms with E-state index in [0.29, 0.717) is 34.8 Å². The standard InChI is InChI=1S/C28H22O4/c29-27(22-9-5-2-6-10-22)23-11-17-26(18-12-23)32-28(30)24-13-15-25(16-14-24)31-20-19-21-7-3-1-4-8-21/h1-18H,19-20H2. The summed E-state index contributed by atoms with van der Waals surface area (Å²) in [4.78, 5) is 24.9. The van der Waals surface area contributed by atoms with Crippen LogP contribution in [-0.2, 0) is 6.42 Å². The average molecular weight is 422 g/mol. The number of hydrogen-bond donors (Lipinski definition) is 0. The maximum absolute atomic E-state index is 12.5. The van der Waals surface area contributed by atoms with E-state index < -0.39 is 5.97 Å². The quantitative estimate of drug-likeness (QED) is 0.206. The summed E-state index contributed by atoms with van der Waals surface area (Å²) in [5, 5.41) is 0. The van der Waals surface area contributed by atoms with Gasteiger partial charge < -0.3 is 9.47 Å². The molecule has 0 N–H and O–H groups in total. The highest BCUT2D eigenvalue weighted by atomic mass is 16.5. The van der Waals surface area contributed by atoms with Gasteiger partial charge >= 0.3 is 5.97 Å². The fraction of sp³-hybridized carbons (Fsp3) is 0.0714. The van der Waals surface area contributed by atoms with Gasteiger partial charge in [0, 0.05) is 17.5 Å². The molecule has 0 unspecified atom stereocenters. The minimum absolute atomic E-state index is 0.0775. The van der Waals surface area contributed by atoms with Gasteiger partial charge in [-0.15, -0.1) is 0 Å². The molecule has 0 saturated carbocycles. The van der Waals surface area contributed by atoms with Gasteiger partial charge in [-0.2, -0.15) is 0 Å². The lowest BCUT2D eigenvalue weighted by molar-refractivity contribution is 0.0734. The first-order valence-electron chi connectivity index (χ1n) is 10.4. The lowest BCUT2D eigenvalue weighted by atomic mass is 10.0. The predicted molar refractivity (Wildman–Crippen MR) is 123 cm³/mol. The molecule has 0 spiro atoms. The van der Waals surface area contributed by atoms with Gasteiger partial charge in [0.05, 0.1) is 12.2 Å². The van der Waals surface area contributed by atoms with Gasteiger partial charge in [-0.05, 0) is 54.1 Å². The molecule has 0 heterocycles. The van der Waals surface area contributed by atoms with Gasteiger partial charge in [0.15, 0.2) is 5.78 Å². The lowest BCUT2D eigenvalue weighted by Gasteiger charge is -2.08. The Labute approximate surface area is 187 Å². The van der Waals surface area contributed by atoms with Crippen LogP contribution in [-0.4, -0.2) is 18.4 Å². The molecule has 0 radical (unpaired) electrons. The second-order valence-corrected chi connectivity index (χ2v) is 7.22. The van der Waals surface area contributed by atoms with Crippen LogP contribution in [0.15, 0.2) is 109 Å². The molecule has 0 fully saturated rings. The number of hydrogen-bond acceptors (Lipinski definition) is 4. The van der Waals surface area contributed by atoms with E-state index in [1.807, 2.05) is 36.4 Å². The molecule has 4 aromatic carbocycles. The highest BCUT2D eigenvalue weighted by molar-refractivity contribution is 6.09. The maximum Gasteiger partial charge on any atom is 0.343 e. The molecule has 0 aliphatic heterocycles. The van der Waals surface area contributed by atoms with Crippen molar-refractivity contribution in [3.8, 4) is 11.5 Å². The van der Waals surface area contributed by atoms with Crippen molar-refractivity contribution in [3.63, 3.8) is 0 Å². The van der Waals surface area contributed by atoms with Crippen LogP contribution < -0.4 is 9.47 Å². The smallest absolute Gasteiger partial charge is 0.343 e. The molecule has 0 aliphatic carbocycles. The van der Waals surface area contributed by atoms with Crippen LogP contribution in [0.2, 0.25) is 0 Å². The van der Waals surface area contributed by atoms with E-state index in [0.717, 1.165) is 6.42 Å². The van der Waals surface area contributed by atoms with E-state index in [1.165, 1.54) is 5.56 Å². The topological polar surface area (TPSA) is 52.6 Å². The molecule has 0 aliphatic rings. The number of carbonyl (C=O) groups excluding carboxylic acids is 2. The maximum atomic E-state index is 12.5. The monoisotopic (exact) mass is 422 g/mol. The minimum Gasteiger partial charge on any atom is -0.493 e. The van der Waals surface area contributed by atoms with Gasteiger partial charge in [-0.25, -0.2) is 4.79 Å². The Kier molecular flexibility index (Phi) is 6.73. The molecule has 0 amide bonds. The normalized spacial score (nSPS) is 10.4. The van der Waals surface area contributed by atoms with Gasteiger partial charge in [0.1, 0.15) is 11.5 Å². The van der Waals surface area contributed by atoms with Crippen LogP contribution in [0.1, 0.15) is 31.8 Å². The summed E-state index contributed by atoms with van der Waals surface area (Å²) < 4.78 is 11.2. The number of ketones is 1. The summed E-state index contributed by atoms with van der Waals surface area (Å²) in [7, 11) is 0. The molecule has 158 valence electrons. The van der Waals surface area contributed by atoms with E-state index in [4.69, 9.17) is 9.47 Å². The van der Waals surface area contributed by atoms with Gasteiger partial charge in [-0.3, -0.25) is 4.79 Å². The third-order valence-electron chi connectivity index (χ3n) is 4.96. The van der Waals surface area contributed by atoms with Crippen molar-refractivity contribution in [1.29, 1.82) is 0 Å². The predicted octanol–water partition coefficient (Wildman–Crippen LogP) is 5.76. The number of benzene rings is 4. The van der Waals surface area contributed by atoms with Crippen LogP contribution >= 0.6 is 0 Å². The number of carbonyl (C=O) groups is 2. The van der Waals surface area contributed by atoms with Crippen LogP contribution in [0.3, 0.4) is 0 Å². The first-order valence-corrected chi connectivity index (χ1v) is 10.4. The summed E-state index contributed by atoms with van der Waals surface area (Å²) in [6.07, 6.45) is 0.813. The zero-order valence-corrected chi connectivity index (χ0v) is 17.4. The summed E-state index contributed by atoms with van der Waals surface area (Å²) in [5.74, 6) is 0.526. The van der Waals surface area contributed by atoms with Crippen molar-refractivity contribution < 1.29 is 19.1 Å². The Bertz CT molecular complexity index is 1170. The molecule has 32 heavy (non-hydrogen) atoms. The van der Waals surface area contributed by atoms with Gasteiger partial charge in [0.25, 0.3) is 0 Å². The van der Waals surface area contributed by atoms with Crippen molar-refractivity contribution >= 4 is 11.8 Å². The molecule has 4 heteroatoms. The number of esters is 1. The Morgan fingerprint density at radius 3 is 1.75 bits per heavy atom. The molecule has 0 saturated heterocycles. The summed E-state index contributed by atoms with van der Waals surface area (Å²) in [6, 6.07) is 32.6. The molecule has 4 rings (SSSR count). The summed E-state index contributed by atoms with van der Waals surface area (Å²) in [5.41, 5.74) is 2.78. The highest BCUT2D eigenvalue weighted by Gasteiger charge is 2.11. The Morgan fingerprint density at radius 1 is 0.562 bits per heavy atom. The fourth-order valence-electron chi connectivity index (χ4n) is 3.22. The average Bonchev–Trinajstić information content (AvgIpc) is 2.86. The Hall–Kier alpha value is -4.18. The lowest BCUT2D eigenvalue weighted by Crippen LogP contribution is -2.09. The van der Waals surface area contributed by atoms with Gasteiger partial charge in [-0.1, -0.05) is 60.7 Å².